The lowest BCUT2D eigenvalue weighted by atomic mass is 9.86. The zero-order valence-corrected chi connectivity index (χ0v) is 13.6. The molecule has 1 aromatic carbocycles. The number of benzene rings is 1. The van der Waals surface area contributed by atoms with E-state index < -0.39 is 6.10 Å². The van der Waals surface area contributed by atoms with E-state index in [4.69, 9.17) is 0 Å². The maximum absolute atomic E-state index is 12.0. The minimum Gasteiger partial charge on any atom is -0.387 e. The summed E-state index contributed by atoms with van der Waals surface area (Å²) in [5.41, 5.74) is 3.54. The van der Waals surface area contributed by atoms with Gasteiger partial charge in [0.2, 0.25) is 0 Å². The lowest BCUT2D eigenvalue weighted by Crippen LogP contribution is -2.28. The summed E-state index contributed by atoms with van der Waals surface area (Å²) in [6.45, 7) is 8.49. The first-order valence-corrected chi connectivity index (χ1v) is 7.49. The number of aromatic amines is 1. The molecule has 3 N–H and O–H groups in total. The van der Waals surface area contributed by atoms with Crippen molar-refractivity contribution in [2.75, 3.05) is 6.54 Å². The largest absolute Gasteiger partial charge is 0.387 e. The Balaban J connectivity index is 1.96. The first-order chi connectivity index (χ1) is 10.3. The van der Waals surface area contributed by atoms with Crippen molar-refractivity contribution in [3.63, 3.8) is 0 Å². The molecule has 1 heterocycles. The number of aryl methyl sites for hydroxylation is 1. The van der Waals surface area contributed by atoms with Crippen molar-refractivity contribution in [1.82, 2.24) is 10.3 Å². The number of aliphatic hydroxyl groups is 1. The van der Waals surface area contributed by atoms with Crippen LogP contribution in [0.15, 0.2) is 36.5 Å². The summed E-state index contributed by atoms with van der Waals surface area (Å²) in [4.78, 5) is 15.0. The Morgan fingerprint density at radius 3 is 2.36 bits per heavy atom. The molecule has 118 valence electrons. The van der Waals surface area contributed by atoms with Crippen LogP contribution >= 0.6 is 0 Å². The van der Waals surface area contributed by atoms with Crippen LogP contribution in [-0.2, 0) is 5.41 Å². The number of amides is 1. The topological polar surface area (TPSA) is 65.1 Å². The Hall–Kier alpha value is -2.07. The van der Waals surface area contributed by atoms with E-state index in [0.717, 1.165) is 11.3 Å². The molecular formula is C18H24N2O2. The summed E-state index contributed by atoms with van der Waals surface area (Å²) in [6, 6.07) is 9.61. The van der Waals surface area contributed by atoms with Crippen molar-refractivity contribution in [3.8, 4) is 0 Å². The second-order valence-electron chi connectivity index (χ2n) is 6.61. The standard InChI is InChI=1S/C18H24N2O2/c1-12-15(9-10-19-12)17(22)20-11-16(21)13-5-7-14(8-6-13)18(2,3)4/h5-10,16,19,21H,11H2,1-4H3,(H,20,22). The molecule has 0 aliphatic carbocycles. The summed E-state index contributed by atoms with van der Waals surface area (Å²) in [5, 5.41) is 13.0. The molecule has 0 radical (unpaired) electrons. The number of aliphatic hydroxyl groups excluding tert-OH is 1. The van der Waals surface area contributed by atoms with Gasteiger partial charge in [0.05, 0.1) is 11.7 Å². The van der Waals surface area contributed by atoms with Gasteiger partial charge < -0.3 is 15.4 Å². The average Bonchev–Trinajstić information content (AvgIpc) is 2.90. The van der Waals surface area contributed by atoms with Crippen LogP contribution in [0.1, 0.15) is 54.1 Å². The van der Waals surface area contributed by atoms with Gasteiger partial charge in [0.1, 0.15) is 0 Å². The van der Waals surface area contributed by atoms with Crippen molar-refractivity contribution in [3.05, 3.63) is 58.9 Å². The summed E-state index contributed by atoms with van der Waals surface area (Å²) >= 11 is 0. The smallest absolute Gasteiger partial charge is 0.253 e. The minimum absolute atomic E-state index is 0.0868. The van der Waals surface area contributed by atoms with Gasteiger partial charge in [0.25, 0.3) is 5.91 Å². The lowest BCUT2D eigenvalue weighted by molar-refractivity contribution is 0.0916. The van der Waals surface area contributed by atoms with Crippen molar-refractivity contribution in [2.24, 2.45) is 0 Å². The van der Waals surface area contributed by atoms with Gasteiger partial charge in [-0.05, 0) is 29.5 Å². The maximum atomic E-state index is 12.0. The molecule has 0 aliphatic rings. The number of hydrogen-bond acceptors (Lipinski definition) is 2. The van der Waals surface area contributed by atoms with Crippen molar-refractivity contribution in [2.45, 2.75) is 39.2 Å². The first kappa shape index (κ1) is 16.3. The van der Waals surface area contributed by atoms with Crippen LogP contribution in [0.3, 0.4) is 0 Å². The van der Waals surface area contributed by atoms with Gasteiger partial charge in [-0.1, -0.05) is 45.0 Å². The predicted molar refractivity (Wildman–Crippen MR) is 88.0 cm³/mol. The van der Waals surface area contributed by atoms with Gasteiger partial charge >= 0.3 is 0 Å². The molecule has 0 saturated heterocycles. The molecule has 4 nitrogen and oxygen atoms in total. The minimum atomic E-state index is -0.711. The Labute approximate surface area is 131 Å². The molecule has 2 rings (SSSR count). The van der Waals surface area contributed by atoms with E-state index in [1.807, 2.05) is 31.2 Å². The number of rotatable bonds is 4. The number of nitrogens with one attached hydrogen (secondary N) is 2. The molecule has 1 aromatic heterocycles. The third kappa shape index (κ3) is 3.77. The highest BCUT2D eigenvalue weighted by Crippen LogP contribution is 2.23. The van der Waals surface area contributed by atoms with Gasteiger partial charge in [-0.3, -0.25) is 4.79 Å². The maximum Gasteiger partial charge on any atom is 0.253 e. The molecule has 0 spiro atoms. The molecule has 1 amide bonds. The Kier molecular flexibility index (Phi) is 4.71. The third-order valence-corrected chi connectivity index (χ3v) is 3.82. The van der Waals surface area contributed by atoms with E-state index in [2.05, 4.69) is 31.1 Å². The molecule has 1 atom stereocenters. The SMILES string of the molecule is Cc1[nH]ccc1C(=O)NCC(O)c1ccc(C(C)(C)C)cc1. The van der Waals surface area contributed by atoms with Crippen molar-refractivity contribution >= 4 is 5.91 Å². The van der Waals surface area contributed by atoms with Crippen LogP contribution in [0.5, 0.6) is 0 Å². The second kappa shape index (κ2) is 6.36. The fraction of sp³-hybridized carbons (Fsp3) is 0.389. The summed E-state index contributed by atoms with van der Waals surface area (Å²) in [6.07, 6.45) is 1.02. The number of H-pyrrole nitrogens is 1. The summed E-state index contributed by atoms with van der Waals surface area (Å²) in [7, 11) is 0. The van der Waals surface area contributed by atoms with E-state index in [-0.39, 0.29) is 17.9 Å². The molecule has 0 aliphatic heterocycles. The molecule has 0 bridgehead atoms. The summed E-state index contributed by atoms with van der Waals surface area (Å²) < 4.78 is 0. The predicted octanol–water partition coefficient (Wildman–Crippen LogP) is 3.08. The van der Waals surface area contributed by atoms with Gasteiger partial charge in [0, 0.05) is 18.4 Å². The van der Waals surface area contributed by atoms with E-state index in [1.165, 1.54) is 5.56 Å². The summed E-state index contributed by atoms with van der Waals surface area (Å²) in [5.74, 6) is -0.177. The Bertz CT molecular complexity index is 636. The highest BCUT2D eigenvalue weighted by molar-refractivity contribution is 5.95. The quantitative estimate of drug-likeness (QED) is 0.812. The molecule has 4 heteroatoms. The number of carbonyl (C=O) groups is 1. The van der Waals surface area contributed by atoms with Gasteiger partial charge in [-0.15, -0.1) is 0 Å². The van der Waals surface area contributed by atoms with E-state index >= 15 is 0 Å². The van der Waals surface area contributed by atoms with E-state index in [9.17, 15) is 9.90 Å². The normalized spacial score (nSPS) is 13.0. The van der Waals surface area contributed by atoms with E-state index in [1.54, 1.807) is 12.3 Å². The molecule has 0 fully saturated rings. The van der Waals surface area contributed by atoms with Gasteiger partial charge in [-0.25, -0.2) is 0 Å². The molecular weight excluding hydrogens is 276 g/mol. The molecule has 22 heavy (non-hydrogen) atoms. The average molecular weight is 300 g/mol. The monoisotopic (exact) mass is 300 g/mol. The number of aromatic nitrogens is 1. The first-order valence-electron chi connectivity index (χ1n) is 7.49. The highest BCUT2D eigenvalue weighted by Gasteiger charge is 2.16. The van der Waals surface area contributed by atoms with Gasteiger partial charge in [-0.2, -0.15) is 0 Å². The zero-order chi connectivity index (χ0) is 16.3. The van der Waals surface area contributed by atoms with Crippen LogP contribution in [0.2, 0.25) is 0 Å². The molecule has 0 saturated carbocycles. The number of hydrogen-bond donors (Lipinski definition) is 3. The third-order valence-electron chi connectivity index (χ3n) is 3.82. The Morgan fingerprint density at radius 1 is 1.23 bits per heavy atom. The fourth-order valence-corrected chi connectivity index (χ4v) is 2.31. The van der Waals surface area contributed by atoms with Crippen molar-refractivity contribution < 1.29 is 9.90 Å². The van der Waals surface area contributed by atoms with Crippen LogP contribution in [-0.4, -0.2) is 22.5 Å². The van der Waals surface area contributed by atoms with Crippen LogP contribution in [0.4, 0.5) is 0 Å². The van der Waals surface area contributed by atoms with Crippen molar-refractivity contribution in [1.29, 1.82) is 0 Å². The van der Waals surface area contributed by atoms with Crippen LogP contribution < -0.4 is 5.32 Å². The fourth-order valence-electron chi connectivity index (χ4n) is 2.31. The molecule has 2 aromatic rings. The number of carbonyl (C=O) groups excluding carboxylic acids is 1. The van der Waals surface area contributed by atoms with Crippen LogP contribution in [0, 0.1) is 6.92 Å². The second-order valence-corrected chi connectivity index (χ2v) is 6.61. The van der Waals surface area contributed by atoms with Crippen LogP contribution in [0.25, 0.3) is 0 Å². The van der Waals surface area contributed by atoms with E-state index in [0.29, 0.717) is 5.56 Å². The molecule has 1 unspecified atom stereocenters. The highest BCUT2D eigenvalue weighted by atomic mass is 16.3. The Morgan fingerprint density at radius 2 is 1.86 bits per heavy atom. The lowest BCUT2D eigenvalue weighted by Gasteiger charge is -2.20. The zero-order valence-electron chi connectivity index (χ0n) is 13.6. The van der Waals surface area contributed by atoms with Gasteiger partial charge in [0.15, 0.2) is 0 Å².